The van der Waals surface area contributed by atoms with E-state index in [2.05, 4.69) is 16.0 Å². The molecule has 1 aromatic carbocycles. The largest absolute Gasteiger partial charge is 0.326 e. The molecule has 0 saturated carbocycles. The Hall–Kier alpha value is -1.24. The maximum absolute atomic E-state index is 12.0. The van der Waals surface area contributed by atoms with E-state index in [4.69, 9.17) is 0 Å². The van der Waals surface area contributed by atoms with Crippen LogP contribution in [0.3, 0.4) is 0 Å². The first-order valence-corrected chi connectivity index (χ1v) is 8.29. The van der Waals surface area contributed by atoms with Gasteiger partial charge in [-0.15, -0.1) is 24.2 Å². The Morgan fingerprint density at radius 3 is 3.05 bits per heavy atom. The number of fused-ring (bicyclic) bond motifs is 1. The third-order valence-corrected chi connectivity index (χ3v) is 4.85. The maximum Gasteiger partial charge on any atom is 0.234 e. The monoisotopic (exact) mass is 341 g/mol. The Morgan fingerprint density at radius 1 is 1.41 bits per heavy atom. The first-order valence-electron chi connectivity index (χ1n) is 7.30. The first-order chi connectivity index (χ1) is 10.2. The Morgan fingerprint density at radius 2 is 2.27 bits per heavy atom. The van der Waals surface area contributed by atoms with Gasteiger partial charge in [-0.05, 0) is 44.0 Å². The van der Waals surface area contributed by atoms with Crippen molar-refractivity contribution in [2.75, 3.05) is 22.9 Å². The second-order valence-electron chi connectivity index (χ2n) is 5.43. The standard InChI is InChI=1S/C15H19N3O2S.ClH/c19-14(6-4-10-2-1-7-16-10)17-11-3-5-13-12(8-11)18-15(20)9-21-13;/h3,5,8,10,16H,1-2,4,6-7,9H2,(H,17,19)(H,18,20);1H. The molecule has 0 bridgehead atoms. The van der Waals surface area contributed by atoms with E-state index >= 15 is 0 Å². The van der Waals surface area contributed by atoms with E-state index in [0.29, 0.717) is 18.2 Å². The van der Waals surface area contributed by atoms with Crippen molar-refractivity contribution in [3.8, 4) is 0 Å². The van der Waals surface area contributed by atoms with E-state index in [-0.39, 0.29) is 24.2 Å². The lowest BCUT2D eigenvalue weighted by Crippen LogP contribution is -2.23. The van der Waals surface area contributed by atoms with Gasteiger partial charge in [-0.1, -0.05) is 0 Å². The molecular weight excluding hydrogens is 322 g/mol. The van der Waals surface area contributed by atoms with Gasteiger partial charge in [-0.3, -0.25) is 9.59 Å². The molecule has 1 unspecified atom stereocenters. The van der Waals surface area contributed by atoms with Crippen LogP contribution in [0.2, 0.25) is 0 Å². The summed E-state index contributed by atoms with van der Waals surface area (Å²) >= 11 is 1.52. The van der Waals surface area contributed by atoms with Crippen LogP contribution in [0, 0.1) is 0 Å². The molecule has 0 spiro atoms. The van der Waals surface area contributed by atoms with E-state index in [1.165, 1.54) is 18.2 Å². The Bertz CT molecular complexity index is 562. The SMILES string of the molecule is Cl.O=C(CCC1CCCN1)Nc1ccc2c(c1)NC(=O)CS2. The lowest BCUT2D eigenvalue weighted by atomic mass is 10.1. The molecule has 1 aromatic rings. The van der Waals surface area contributed by atoms with Crippen molar-refractivity contribution in [3.05, 3.63) is 18.2 Å². The number of nitrogens with one attached hydrogen (secondary N) is 3. The molecule has 0 radical (unpaired) electrons. The van der Waals surface area contributed by atoms with Gasteiger partial charge in [-0.2, -0.15) is 0 Å². The topological polar surface area (TPSA) is 70.2 Å². The molecule has 22 heavy (non-hydrogen) atoms. The molecule has 120 valence electrons. The molecule has 7 heteroatoms. The van der Waals surface area contributed by atoms with Crippen molar-refractivity contribution in [1.82, 2.24) is 5.32 Å². The highest BCUT2D eigenvalue weighted by Crippen LogP contribution is 2.33. The third kappa shape index (κ3) is 4.38. The fourth-order valence-corrected chi connectivity index (χ4v) is 3.48. The maximum atomic E-state index is 12.0. The highest BCUT2D eigenvalue weighted by atomic mass is 35.5. The van der Waals surface area contributed by atoms with Gasteiger partial charge < -0.3 is 16.0 Å². The summed E-state index contributed by atoms with van der Waals surface area (Å²) in [5, 5.41) is 9.12. The van der Waals surface area contributed by atoms with E-state index < -0.39 is 0 Å². The van der Waals surface area contributed by atoms with Gasteiger partial charge in [0.1, 0.15) is 0 Å². The first kappa shape index (κ1) is 17.1. The van der Waals surface area contributed by atoms with Crippen LogP contribution in [0.25, 0.3) is 0 Å². The minimum atomic E-state index is 0. The summed E-state index contributed by atoms with van der Waals surface area (Å²) in [4.78, 5) is 24.4. The van der Waals surface area contributed by atoms with Gasteiger partial charge >= 0.3 is 0 Å². The van der Waals surface area contributed by atoms with Gasteiger partial charge in [-0.25, -0.2) is 0 Å². The van der Waals surface area contributed by atoms with Crippen LogP contribution in [-0.2, 0) is 9.59 Å². The van der Waals surface area contributed by atoms with Gasteiger partial charge in [0.2, 0.25) is 11.8 Å². The van der Waals surface area contributed by atoms with Crippen molar-refractivity contribution < 1.29 is 9.59 Å². The zero-order valence-corrected chi connectivity index (χ0v) is 13.8. The smallest absolute Gasteiger partial charge is 0.234 e. The summed E-state index contributed by atoms with van der Waals surface area (Å²) in [6.45, 7) is 1.06. The van der Waals surface area contributed by atoms with Gasteiger partial charge in [0.15, 0.2) is 0 Å². The molecular formula is C15H20ClN3O2S. The van der Waals surface area contributed by atoms with Crippen LogP contribution in [-0.4, -0.2) is 30.2 Å². The number of halogens is 1. The second kappa shape index (κ2) is 7.85. The normalized spacial score (nSPS) is 19.8. The molecule has 2 amide bonds. The van der Waals surface area contributed by atoms with Crippen LogP contribution >= 0.6 is 24.2 Å². The fraction of sp³-hybridized carbons (Fsp3) is 0.467. The quantitative estimate of drug-likeness (QED) is 0.787. The Labute approximate surface area is 140 Å². The van der Waals surface area contributed by atoms with Crippen LogP contribution in [0.5, 0.6) is 0 Å². The van der Waals surface area contributed by atoms with Crippen molar-refractivity contribution in [2.24, 2.45) is 0 Å². The molecule has 0 aromatic heterocycles. The van der Waals surface area contributed by atoms with Crippen LogP contribution in [0.1, 0.15) is 25.7 Å². The van der Waals surface area contributed by atoms with E-state index in [0.717, 1.165) is 35.7 Å². The molecule has 5 nitrogen and oxygen atoms in total. The van der Waals surface area contributed by atoms with E-state index in [9.17, 15) is 9.59 Å². The third-order valence-electron chi connectivity index (χ3n) is 3.78. The average Bonchev–Trinajstić information content (AvgIpc) is 2.98. The van der Waals surface area contributed by atoms with Gasteiger partial charge in [0, 0.05) is 23.0 Å². The summed E-state index contributed by atoms with van der Waals surface area (Å²) in [6.07, 6.45) is 3.77. The van der Waals surface area contributed by atoms with Crippen molar-refractivity contribution in [3.63, 3.8) is 0 Å². The van der Waals surface area contributed by atoms with Gasteiger partial charge in [0.05, 0.1) is 11.4 Å². The minimum absolute atomic E-state index is 0. The molecule has 3 rings (SSSR count). The average molecular weight is 342 g/mol. The number of amides is 2. The minimum Gasteiger partial charge on any atom is -0.326 e. The summed E-state index contributed by atoms with van der Waals surface area (Å²) < 4.78 is 0. The van der Waals surface area contributed by atoms with Crippen LogP contribution < -0.4 is 16.0 Å². The zero-order valence-electron chi connectivity index (χ0n) is 12.2. The number of hydrogen-bond acceptors (Lipinski definition) is 4. The number of carbonyl (C=O) groups is 2. The summed E-state index contributed by atoms with van der Waals surface area (Å²) in [7, 11) is 0. The number of anilines is 2. The predicted molar refractivity (Wildman–Crippen MR) is 91.9 cm³/mol. The van der Waals surface area contributed by atoms with Crippen molar-refractivity contribution >= 4 is 47.4 Å². The zero-order chi connectivity index (χ0) is 14.7. The second-order valence-corrected chi connectivity index (χ2v) is 6.45. The van der Waals surface area contributed by atoms with E-state index in [1.807, 2.05) is 18.2 Å². The number of thioether (sulfide) groups is 1. The molecule has 2 aliphatic rings. The lowest BCUT2D eigenvalue weighted by Gasteiger charge is -2.17. The molecule has 3 N–H and O–H groups in total. The lowest BCUT2D eigenvalue weighted by molar-refractivity contribution is -0.116. The van der Waals surface area contributed by atoms with Crippen LogP contribution in [0.15, 0.2) is 23.1 Å². The predicted octanol–water partition coefficient (Wildman–Crippen LogP) is 2.62. The summed E-state index contributed by atoms with van der Waals surface area (Å²) in [6, 6.07) is 6.13. The highest BCUT2D eigenvalue weighted by Gasteiger charge is 2.17. The Kier molecular flexibility index (Phi) is 6.11. The highest BCUT2D eigenvalue weighted by molar-refractivity contribution is 8.00. The molecule has 2 heterocycles. The van der Waals surface area contributed by atoms with E-state index in [1.54, 1.807) is 0 Å². The molecule has 1 saturated heterocycles. The number of carbonyl (C=O) groups excluding carboxylic acids is 2. The summed E-state index contributed by atoms with van der Waals surface area (Å²) in [5.74, 6) is 0.481. The van der Waals surface area contributed by atoms with Crippen molar-refractivity contribution in [1.29, 1.82) is 0 Å². The Balaban J connectivity index is 0.00000176. The van der Waals surface area contributed by atoms with Gasteiger partial charge in [0.25, 0.3) is 0 Å². The molecule has 0 aliphatic carbocycles. The molecule has 2 aliphatic heterocycles. The summed E-state index contributed by atoms with van der Waals surface area (Å²) in [5.41, 5.74) is 1.52. The molecule has 1 fully saturated rings. The number of rotatable bonds is 4. The van der Waals surface area contributed by atoms with Crippen LogP contribution in [0.4, 0.5) is 11.4 Å². The number of benzene rings is 1. The number of hydrogen-bond donors (Lipinski definition) is 3. The van der Waals surface area contributed by atoms with Crippen molar-refractivity contribution in [2.45, 2.75) is 36.6 Å². The molecule has 1 atom stereocenters. The fourth-order valence-electron chi connectivity index (χ4n) is 2.69.